The topological polar surface area (TPSA) is 52.6 Å². The third-order valence-corrected chi connectivity index (χ3v) is 2.34. The van der Waals surface area contributed by atoms with E-state index in [1.54, 1.807) is 0 Å². The Balaban J connectivity index is 3.49. The molecule has 16 heavy (non-hydrogen) atoms. The minimum Gasteiger partial charge on any atom is -0.496 e. The van der Waals surface area contributed by atoms with Gasteiger partial charge in [-0.25, -0.2) is 0 Å². The number of ether oxygens (including phenoxy) is 2. The lowest BCUT2D eigenvalue weighted by atomic mass is 10.1. The van der Waals surface area contributed by atoms with Gasteiger partial charge in [0.2, 0.25) is 0 Å². The first-order valence-corrected chi connectivity index (χ1v) is 4.92. The van der Waals surface area contributed by atoms with Crippen molar-refractivity contribution in [3.63, 3.8) is 0 Å². The summed E-state index contributed by atoms with van der Waals surface area (Å²) in [6.45, 7) is 0. The zero-order chi connectivity index (χ0) is 12.3. The highest BCUT2D eigenvalue weighted by Gasteiger charge is 2.19. The number of halogens is 2. The van der Waals surface area contributed by atoms with Crippen LogP contribution in [-0.2, 0) is 0 Å². The first-order chi connectivity index (χ1) is 7.51. The lowest BCUT2D eigenvalue weighted by Gasteiger charge is -2.11. The SMILES string of the molecule is COc1cc(C(=O)Cl)cc(OC)c1C(=O)Cl. The van der Waals surface area contributed by atoms with E-state index in [1.807, 2.05) is 0 Å². The van der Waals surface area contributed by atoms with Gasteiger partial charge in [-0.2, -0.15) is 0 Å². The summed E-state index contributed by atoms with van der Waals surface area (Å²) >= 11 is 10.7. The zero-order valence-corrected chi connectivity index (χ0v) is 10.1. The van der Waals surface area contributed by atoms with Gasteiger partial charge >= 0.3 is 0 Å². The van der Waals surface area contributed by atoms with Gasteiger partial charge < -0.3 is 9.47 Å². The van der Waals surface area contributed by atoms with E-state index in [0.717, 1.165) is 0 Å². The van der Waals surface area contributed by atoms with E-state index >= 15 is 0 Å². The minimum absolute atomic E-state index is 0.0633. The van der Waals surface area contributed by atoms with Crippen molar-refractivity contribution in [2.75, 3.05) is 14.2 Å². The molecule has 0 amide bonds. The second-order valence-corrected chi connectivity index (χ2v) is 3.49. The molecular weight excluding hydrogens is 255 g/mol. The Kier molecular flexibility index (Phi) is 4.15. The Morgan fingerprint density at radius 3 is 1.69 bits per heavy atom. The van der Waals surface area contributed by atoms with E-state index in [2.05, 4.69) is 0 Å². The Labute approximate surface area is 102 Å². The quantitative estimate of drug-likeness (QED) is 0.783. The highest BCUT2D eigenvalue weighted by atomic mass is 35.5. The standard InChI is InChI=1S/C10H8Cl2O4/c1-15-6-3-5(9(11)13)4-7(16-2)8(6)10(12)14/h3-4H,1-2H3. The van der Waals surface area contributed by atoms with Crippen LogP contribution in [0.1, 0.15) is 20.7 Å². The molecule has 0 atom stereocenters. The van der Waals surface area contributed by atoms with Gasteiger partial charge in [-0.15, -0.1) is 0 Å². The number of methoxy groups -OCH3 is 2. The van der Waals surface area contributed by atoms with Crippen molar-refractivity contribution in [1.29, 1.82) is 0 Å². The Hall–Kier alpha value is -1.26. The molecule has 0 saturated carbocycles. The molecule has 0 bridgehead atoms. The second-order valence-electron chi connectivity index (χ2n) is 2.80. The van der Waals surface area contributed by atoms with Crippen LogP contribution in [0.2, 0.25) is 0 Å². The van der Waals surface area contributed by atoms with Crippen molar-refractivity contribution >= 4 is 33.7 Å². The van der Waals surface area contributed by atoms with E-state index in [1.165, 1.54) is 26.4 Å². The van der Waals surface area contributed by atoms with Crippen LogP contribution in [0.15, 0.2) is 12.1 Å². The van der Waals surface area contributed by atoms with Crippen molar-refractivity contribution in [2.24, 2.45) is 0 Å². The van der Waals surface area contributed by atoms with Gasteiger partial charge in [0, 0.05) is 5.56 Å². The summed E-state index contributed by atoms with van der Waals surface area (Å²) in [6.07, 6.45) is 0. The number of rotatable bonds is 4. The van der Waals surface area contributed by atoms with Gasteiger partial charge in [0.15, 0.2) is 0 Å². The molecule has 1 rings (SSSR count). The van der Waals surface area contributed by atoms with E-state index in [0.29, 0.717) is 0 Å². The lowest BCUT2D eigenvalue weighted by molar-refractivity contribution is 0.106. The molecule has 4 nitrogen and oxygen atoms in total. The summed E-state index contributed by atoms with van der Waals surface area (Å²) in [4.78, 5) is 22.2. The molecule has 0 unspecified atom stereocenters. The van der Waals surface area contributed by atoms with Crippen LogP contribution in [0.25, 0.3) is 0 Å². The average molecular weight is 263 g/mol. The fourth-order valence-corrected chi connectivity index (χ4v) is 1.51. The van der Waals surface area contributed by atoms with Crippen molar-refractivity contribution < 1.29 is 19.1 Å². The largest absolute Gasteiger partial charge is 0.496 e. The fraction of sp³-hybridized carbons (Fsp3) is 0.200. The molecule has 0 heterocycles. The second kappa shape index (κ2) is 5.18. The Bertz CT molecular complexity index is 417. The predicted molar refractivity (Wildman–Crippen MR) is 59.9 cm³/mol. The Morgan fingerprint density at radius 1 is 1.00 bits per heavy atom. The first-order valence-electron chi connectivity index (χ1n) is 4.17. The molecule has 0 radical (unpaired) electrons. The first kappa shape index (κ1) is 12.8. The molecule has 0 aliphatic carbocycles. The molecule has 0 spiro atoms. The Morgan fingerprint density at radius 2 is 1.44 bits per heavy atom. The molecular formula is C10H8Cl2O4. The number of benzene rings is 1. The van der Waals surface area contributed by atoms with E-state index in [-0.39, 0.29) is 22.6 Å². The molecule has 0 aliphatic heterocycles. The van der Waals surface area contributed by atoms with Crippen molar-refractivity contribution in [3.8, 4) is 11.5 Å². The lowest BCUT2D eigenvalue weighted by Crippen LogP contribution is -2.02. The third kappa shape index (κ3) is 2.46. The molecule has 0 saturated heterocycles. The summed E-state index contributed by atoms with van der Waals surface area (Å²) in [7, 11) is 2.70. The summed E-state index contributed by atoms with van der Waals surface area (Å²) in [5.74, 6) is 0.284. The molecule has 0 N–H and O–H groups in total. The summed E-state index contributed by atoms with van der Waals surface area (Å²) in [5, 5.41) is -1.41. The minimum atomic E-state index is -0.734. The maximum absolute atomic E-state index is 11.2. The summed E-state index contributed by atoms with van der Waals surface area (Å²) in [6, 6.07) is 2.65. The van der Waals surface area contributed by atoms with E-state index in [4.69, 9.17) is 32.7 Å². The zero-order valence-electron chi connectivity index (χ0n) is 8.54. The van der Waals surface area contributed by atoms with E-state index < -0.39 is 10.5 Å². The van der Waals surface area contributed by atoms with Crippen LogP contribution in [0.3, 0.4) is 0 Å². The average Bonchev–Trinajstić information content (AvgIpc) is 2.26. The van der Waals surface area contributed by atoms with Gasteiger partial charge in [0.1, 0.15) is 17.1 Å². The van der Waals surface area contributed by atoms with Crippen molar-refractivity contribution in [3.05, 3.63) is 23.3 Å². The summed E-state index contributed by atoms with van der Waals surface area (Å²) < 4.78 is 9.89. The molecule has 1 aromatic rings. The van der Waals surface area contributed by atoms with E-state index in [9.17, 15) is 9.59 Å². The van der Waals surface area contributed by atoms with Crippen LogP contribution < -0.4 is 9.47 Å². The van der Waals surface area contributed by atoms with Gasteiger partial charge in [-0.3, -0.25) is 9.59 Å². The number of hydrogen-bond acceptors (Lipinski definition) is 4. The van der Waals surface area contributed by atoms with Gasteiger partial charge in [0.25, 0.3) is 10.5 Å². The highest BCUT2D eigenvalue weighted by Crippen LogP contribution is 2.32. The molecule has 0 aliphatic rings. The fourth-order valence-electron chi connectivity index (χ4n) is 1.22. The molecule has 86 valence electrons. The molecule has 1 aromatic carbocycles. The highest BCUT2D eigenvalue weighted by molar-refractivity contribution is 6.69. The van der Waals surface area contributed by atoms with Crippen LogP contribution in [0.4, 0.5) is 0 Å². The van der Waals surface area contributed by atoms with Crippen LogP contribution in [-0.4, -0.2) is 24.7 Å². The smallest absolute Gasteiger partial charge is 0.259 e. The maximum Gasteiger partial charge on any atom is 0.259 e. The van der Waals surface area contributed by atoms with Crippen LogP contribution >= 0.6 is 23.2 Å². The molecule has 0 fully saturated rings. The number of hydrogen-bond donors (Lipinski definition) is 0. The monoisotopic (exact) mass is 262 g/mol. The third-order valence-electron chi connectivity index (χ3n) is 1.93. The van der Waals surface area contributed by atoms with Gasteiger partial charge in [-0.1, -0.05) is 0 Å². The molecule has 0 aromatic heterocycles. The summed E-state index contributed by atoms with van der Waals surface area (Å²) in [5.41, 5.74) is 0.227. The van der Waals surface area contributed by atoms with Gasteiger partial charge in [-0.05, 0) is 35.3 Å². The molecule has 6 heteroatoms. The van der Waals surface area contributed by atoms with Crippen molar-refractivity contribution in [2.45, 2.75) is 0 Å². The number of carbonyl (C=O) groups is 2. The predicted octanol–water partition coefficient (Wildman–Crippen LogP) is 2.46. The van der Waals surface area contributed by atoms with Gasteiger partial charge in [0.05, 0.1) is 14.2 Å². The maximum atomic E-state index is 11.2. The normalized spacial score (nSPS) is 9.75. The number of carbonyl (C=O) groups excluding carboxylic acids is 2. The van der Waals surface area contributed by atoms with Crippen LogP contribution in [0, 0.1) is 0 Å². The van der Waals surface area contributed by atoms with Crippen LogP contribution in [0.5, 0.6) is 11.5 Å². The van der Waals surface area contributed by atoms with Crippen molar-refractivity contribution in [1.82, 2.24) is 0 Å².